The first-order chi connectivity index (χ1) is 13.9. The van der Waals surface area contributed by atoms with Crippen molar-refractivity contribution in [3.8, 4) is 0 Å². The molecule has 1 saturated heterocycles. The smallest absolute Gasteiger partial charge is 0.226 e. The van der Waals surface area contributed by atoms with E-state index < -0.39 is 0 Å². The summed E-state index contributed by atoms with van der Waals surface area (Å²) in [7, 11) is 0. The van der Waals surface area contributed by atoms with Gasteiger partial charge in [-0.2, -0.15) is 16.7 Å². The number of hydrogen-bond donors (Lipinski definition) is 1. The van der Waals surface area contributed by atoms with Crippen molar-refractivity contribution in [1.29, 1.82) is 0 Å². The SMILES string of the molecule is CC(C)(C)c1noc(CCCC(=O)Nc2cccc(CSC3CCOCC3)c2)n1. The third kappa shape index (κ3) is 7.16. The zero-order valence-corrected chi connectivity index (χ0v) is 18.4. The molecule has 2 heterocycles. The Morgan fingerprint density at radius 3 is 2.79 bits per heavy atom. The quantitative estimate of drug-likeness (QED) is 0.668. The highest BCUT2D eigenvalue weighted by Crippen LogP contribution is 2.26. The normalized spacial score (nSPS) is 15.4. The maximum absolute atomic E-state index is 12.3. The first-order valence-electron chi connectivity index (χ1n) is 10.3. The van der Waals surface area contributed by atoms with Gasteiger partial charge in [-0.05, 0) is 37.0 Å². The minimum absolute atomic E-state index is 0.00907. The van der Waals surface area contributed by atoms with Crippen LogP contribution in [0.5, 0.6) is 0 Å². The molecule has 0 aliphatic carbocycles. The van der Waals surface area contributed by atoms with E-state index in [0.29, 0.717) is 36.2 Å². The highest BCUT2D eigenvalue weighted by Gasteiger charge is 2.20. The van der Waals surface area contributed by atoms with Crippen LogP contribution in [-0.4, -0.2) is 34.5 Å². The fourth-order valence-corrected chi connectivity index (χ4v) is 4.21. The number of nitrogens with zero attached hydrogens (tertiary/aromatic N) is 2. The number of rotatable bonds is 8. The van der Waals surface area contributed by atoms with Gasteiger partial charge >= 0.3 is 0 Å². The van der Waals surface area contributed by atoms with Crippen LogP contribution in [0.2, 0.25) is 0 Å². The molecule has 3 rings (SSSR count). The molecule has 6 nitrogen and oxygen atoms in total. The van der Waals surface area contributed by atoms with E-state index in [1.54, 1.807) is 0 Å². The molecule has 29 heavy (non-hydrogen) atoms. The van der Waals surface area contributed by atoms with E-state index in [1.165, 1.54) is 5.56 Å². The Labute approximate surface area is 177 Å². The van der Waals surface area contributed by atoms with Crippen LogP contribution in [0.1, 0.15) is 63.7 Å². The number of thioether (sulfide) groups is 1. The molecule has 0 bridgehead atoms. The average molecular weight is 418 g/mol. The maximum Gasteiger partial charge on any atom is 0.226 e. The summed E-state index contributed by atoms with van der Waals surface area (Å²) in [5, 5.41) is 7.69. The molecule has 1 fully saturated rings. The van der Waals surface area contributed by atoms with E-state index in [1.807, 2.05) is 44.7 Å². The molecule has 1 N–H and O–H groups in total. The molecule has 0 radical (unpaired) electrons. The Morgan fingerprint density at radius 1 is 1.28 bits per heavy atom. The van der Waals surface area contributed by atoms with Crippen LogP contribution in [-0.2, 0) is 27.1 Å². The van der Waals surface area contributed by atoms with Gasteiger partial charge in [0.2, 0.25) is 11.8 Å². The van der Waals surface area contributed by atoms with Crippen molar-refractivity contribution < 1.29 is 14.1 Å². The van der Waals surface area contributed by atoms with Crippen molar-refractivity contribution in [2.75, 3.05) is 18.5 Å². The van der Waals surface area contributed by atoms with Crippen molar-refractivity contribution in [2.45, 2.75) is 69.3 Å². The largest absolute Gasteiger partial charge is 0.381 e. The minimum atomic E-state index is -0.132. The number of nitrogens with one attached hydrogen (secondary N) is 1. The van der Waals surface area contributed by atoms with Crippen molar-refractivity contribution >= 4 is 23.4 Å². The summed E-state index contributed by atoms with van der Waals surface area (Å²) in [5.41, 5.74) is 1.96. The van der Waals surface area contributed by atoms with E-state index >= 15 is 0 Å². The lowest BCUT2D eigenvalue weighted by Crippen LogP contribution is -2.17. The van der Waals surface area contributed by atoms with E-state index in [4.69, 9.17) is 9.26 Å². The summed E-state index contributed by atoms with van der Waals surface area (Å²) in [4.78, 5) is 16.7. The highest BCUT2D eigenvalue weighted by atomic mass is 32.2. The topological polar surface area (TPSA) is 77.2 Å². The summed E-state index contributed by atoms with van der Waals surface area (Å²) >= 11 is 1.98. The Kier molecular flexibility index (Phi) is 7.72. The molecule has 2 aromatic rings. The molecule has 1 aliphatic heterocycles. The Hall–Kier alpha value is -1.86. The molecule has 0 atom stereocenters. The molecule has 1 amide bonds. The molecule has 1 aromatic carbocycles. The van der Waals surface area contributed by atoms with Crippen molar-refractivity contribution in [3.63, 3.8) is 0 Å². The molecule has 0 spiro atoms. The molecular formula is C22H31N3O3S. The van der Waals surface area contributed by atoms with Crippen molar-refractivity contribution in [3.05, 3.63) is 41.5 Å². The monoisotopic (exact) mass is 417 g/mol. The molecule has 1 aromatic heterocycles. The van der Waals surface area contributed by atoms with Crippen molar-refractivity contribution in [1.82, 2.24) is 10.1 Å². The second-order valence-corrected chi connectivity index (χ2v) is 9.78. The van der Waals surface area contributed by atoms with Gasteiger partial charge < -0.3 is 14.6 Å². The summed E-state index contributed by atoms with van der Waals surface area (Å²) in [5.74, 6) is 2.26. The van der Waals surface area contributed by atoms with Crippen LogP contribution in [0.15, 0.2) is 28.8 Å². The number of anilines is 1. The third-order valence-corrected chi connectivity index (χ3v) is 6.24. The zero-order chi connectivity index (χ0) is 20.7. The van der Waals surface area contributed by atoms with Gasteiger partial charge in [0.05, 0.1) is 0 Å². The fraction of sp³-hybridized carbons (Fsp3) is 0.591. The van der Waals surface area contributed by atoms with Crippen LogP contribution in [0, 0.1) is 0 Å². The lowest BCUT2D eigenvalue weighted by molar-refractivity contribution is -0.116. The van der Waals surface area contributed by atoms with Gasteiger partial charge in [-0.1, -0.05) is 38.1 Å². The van der Waals surface area contributed by atoms with Gasteiger partial charge in [0.15, 0.2) is 5.82 Å². The van der Waals surface area contributed by atoms with Crippen LogP contribution >= 0.6 is 11.8 Å². The molecule has 158 valence electrons. The predicted octanol–water partition coefficient (Wildman–Crippen LogP) is 4.74. The van der Waals surface area contributed by atoms with Gasteiger partial charge in [-0.15, -0.1) is 0 Å². The highest BCUT2D eigenvalue weighted by molar-refractivity contribution is 7.99. The lowest BCUT2D eigenvalue weighted by Gasteiger charge is -2.21. The summed E-state index contributed by atoms with van der Waals surface area (Å²) in [6, 6.07) is 8.12. The fourth-order valence-electron chi connectivity index (χ4n) is 3.08. The lowest BCUT2D eigenvalue weighted by atomic mass is 9.96. The van der Waals surface area contributed by atoms with E-state index in [0.717, 1.165) is 37.5 Å². The molecule has 1 aliphatic rings. The Morgan fingerprint density at radius 2 is 2.07 bits per heavy atom. The maximum atomic E-state index is 12.3. The number of hydrogen-bond acceptors (Lipinski definition) is 6. The van der Waals surface area contributed by atoms with E-state index in [2.05, 4.69) is 27.6 Å². The Bertz CT molecular complexity index is 795. The van der Waals surface area contributed by atoms with Crippen LogP contribution in [0.4, 0.5) is 5.69 Å². The number of carbonyl (C=O) groups is 1. The zero-order valence-electron chi connectivity index (χ0n) is 17.6. The average Bonchev–Trinajstić information content (AvgIpc) is 3.17. The number of carbonyl (C=O) groups excluding carboxylic acids is 1. The molecule has 0 unspecified atom stereocenters. The van der Waals surface area contributed by atoms with E-state index in [9.17, 15) is 4.79 Å². The number of ether oxygens (including phenoxy) is 1. The van der Waals surface area contributed by atoms with E-state index in [-0.39, 0.29) is 11.3 Å². The van der Waals surface area contributed by atoms with Gasteiger partial charge in [0.1, 0.15) is 0 Å². The minimum Gasteiger partial charge on any atom is -0.381 e. The number of benzene rings is 1. The molecule has 0 saturated carbocycles. The number of aromatic nitrogens is 2. The van der Waals surface area contributed by atoms with Gasteiger partial charge in [0.25, 0.3) is 0 Å². The summed E-state index contributed by atoms with van der Waals surface area (Å²) < 4.78 is 10.7. The molecular weight excluding hydrogens is 386 g/mol. The van der Waals surface area contributed by atoms with Crippen LogP contribution in [0.25, 0.3) is 0 Å². The van der Waals surface area contributed by atoms with Gasteiger partial charge in [-0.3, -0.25) is 4.79 Å². The first kappa shape index (κ1) is 21.8. The predicted molar refractivity (Wildman–Crippen MR) is 116 cm³/mol. The van der Waals surface area contributed by atoms with Gasteiger partial charge in [-0.25, -0.2) is 0 Å². The van der Waals surface area contributed by atoms with Crippen molar-refractivity contribution in [2.24, 2.45) is 0 Å². The molecule has 7 heteroatoms. The van der Waals surface area contributed by atoms with Crippen LogP contribution in [0.3, 0.4) is 0 Å². The van der Waals surface area contributed by atoms with Gasteiger partial charge in [0, 0.05) is 48.2 Å². The Balaban J connectivity index is 1.41. The second-order valence-electron chi connectivity index (χ2n) is 8.49. The summed E-state index contributed by atoms with van der Waals surface area (Å²) in [6.07, 6.45) is 3.96. The standard InChI is InChI=1S/C22H31N3O3S/c1-22(2,3)21-24-20(28-25-21)9-5-8-19(26)23-17-7-4-6-16(14-17)15-29-18-10-12-27-13-11-18/h4,6-7,14,18H,5,8-13,15H2,1-3H3,(H,23,26). The number of amides is 1. The summed E-state index contributed by atoms with van der Waals surface area (Å²) in [6.45, 7) is 7.88. The first-order valence-corrected chi connectivity index (χ1v) is 11.4. The third-order valence-electron chi connectivity index (χ3n) is 4.80. The van der Waals surface area contributed by atoms with Crippen LogP contribution < -0.4 is 5.32 Å². The second kappa shape index (κ2) is 10.3. The number of aryl methyl sites for hydroxylation is 1.